The Morgan fingerprint density at radius 1 is 1.11 bits per heavy atom. The number of halogens is 3. The molecule has 0 aliphatic heterocycles. The molecule has 0 aromatic heterocycles. The summed E-state index contributed by atoms with van der Waals surface area (Å²) in [6.45, 7) is 1.96. The molecule has 0 spiro atoms. The number of hydrogen-bond donors (Lipinski definition) is 1. The van der Waals surface area contributed by atoms with Crippen LogP contribution in [0.5, 0.6) is 0 Å². The first-order valence-corrected chi connectivity index (χ1v) is 6.70. The van der Waals surface area contributed by atoms with E-state index in [1.807, 2.05) is 25.1 Å². The van der Waals surface area contributed by atoms with Gasteiger partial charge in [-0.25, -0.2) is 8.78 Å². The molecule has 0 radical (unpaired) electrons. The summed E-state index contributed by atoms with van der Waals surface area (Å²) < 4.78 is 28.1. The monoisotopic (exact) mass is 325 g/mol. The highest BCUT2D eigenvalue weighted by atomic mass is 79.9. The maximum absolute atomic E-state index is 13.9. The lowest BCUT2D eigenvalue weighted by Crippen LogP contribution is -2.19. The number of aryl methyl sites for hydroxylation is 1. The topological polar surface area (TPSA) is 12.0 Å². The van der Waals surface area contributed by atoms with Crippen molar-refractivity contribution in [1.29, 1.82) is 0 Å². The molecule has 4 heteroatoms. The van der Waals surface area contributed by atoms with Crippen LogP contribution in [0.1, 0.15) is 22.7 Å². The van der Waals surface area contributed by atoms with E-state index < -0.39 is 11.6 Å². The molecule has 1 atom stereocenters. The van der Waals surface area contributed by atoms with E-state index in [1.165, 1.54) is 6.07 Å². The van der Waals surface area contributed by atoms with Gasteiger partial charge in [0, 0.05) is 10.0 Å². The fourth-order valence-electron chi connectivity index (χ4n) is 2.09. The predicted octanol–water partition coefficient (Wildman–Crippen LogP) is 4.34. The first-order chi connectivity index (χ1) is 9.02. The highest BCUT2D eigenvalue weighted by Gasteiger charge is 2.17. The second-order valence-electron chi connectivity index (χ2n) is 4.40. The van der Waals surface area contributed by atoms with E-state index in [-0.39, 0.29) is 6.04 Å². The Morgan fingerprint density at radius 3 is 2.47 bits per heavy atom. The smallest absolute Gasteiger partial charge is 0.128 e. The summed E-state index contributed by atoms with van der Waals surface area (Å²) in [5.74, 6) is -0.855. The normalized spacial score (nSPS) is 12.5. The molecule has 1 N–H and O–H groups in total. The minimum atomic E-state index is -0.439. The van der Waals surface area contributed by atoms with Crippen LogP contribution in [0, 0.1) is 18.6 Å². The van der Waals surface area contributed by atoms with Crippen molar-refractivity contribution in [3.05, 3.63) is 69.2 Å². The van der Waals surface area contributed by atoms with Gasteiger partial charge in [-0.05, 0) is 49.4 Å². The van der Waals surface area contributed by atoms with Crippen molar-refractivity contribution in [2.75, 3.05) is 7.05 Å². The van der Waals surface area contributed by atoms with Crippen LogP contribution in [-0.2, 0) is 0 Å². The van der Waals surface area contributed by atoms with Crippen LogP contribution in [0.25, 0.3) is 0 Å². The molecule has 1 unspecified atom stereocenters. The molecule has 0 bridgehead atoms. The van der Waals surface area contributed by atoms with Crippen molar-refractivity contribution < 1.29 is 8.78 Å². The quantitative estimate of drug-likeness (QED) is 0.884. The van der Waals surface area contributed by atoms with Crippen molar-refractivity contribution in [2.45, 2.75) is 13.0 Å². The molecule has 100 valence electrons. The lowest BCUT2D eigenvalue weighted by atomic mass is 9.97. The number of hydrogen-bond acceptors (Lipinski definition) is 1. The third-order valence-corrected chi connectivity index (χ3v) is 3.96. The highest BCUT2D eigenvalue weighted by Crippen LogP contribution is 2.27. The first-order valence-electron chi connectivity index (χ1n) is 5.91. The minimum absolute atomic E-state index is 0.309. The van der Waals surface area contributed by atoms with Gasteiger partial charge in [0.1, 0.15) is 11.6 Å². The van der Waals surface area contributed by atoms with Crippen LogP contribution >= 0.6 is 15.9 Å². The third-order valence-electron chi connectivity index (χ3n) is 3.07. The largest absolute Gasteiger partial charge is 0.309 e. The van der Waals surface area contributed by atoms with E-state index in [4.69, 9.17) is 0 Å². The average Bonchev–Trinajstić information content (AvgIpc) is 2.38. The van der Waals surface area contributed by atoms with E-state index in [0.29, 0.717) is 5.56 Å². The summed E-state index contributed by atoms with van der Waals surface area (Å²) in [5.41, 5.74) is 2.26. The molecule has 0 aliphatic rings. The van der Waals surface area contributed by atoms with E-state index in [0.717, 1.165) is 27.7 Å². The first kappa shape index (κ1) is 14.2. The molecular weight excluding hydrogens is 312 g/mol. The summed E-state index contributed by atoms with van der Waals surface area (Å²) in [5, 5.41) is 3.03. The van der Waals surface area contributed by atoms with Crippen LogP contribution in [0.3, 0.4) is 0 Å². The number of benzene rings is 2. The predicted molar refractivity (Wildman–Crippen MR) is 76.1 cm³/mol. The maximum atomic E-state index is 13.9. The molecule has 2 aromatic rings. The van der Waals surface area contributed by atoms with Crippen molar-refractivity contribution in [3.8, 4) is 0 Å². The number of nitrogens with one attached hydrogen (secondary N) is 1. The highest BCUT2D eigenvalue weighted by molar-refractivity contribution is 9.10. The van der Waals surface area contributed by atoms with Gasteiger partial charge in [-0.1, -0.05) is 28.1 Å². The molecule has 0 aliphatic carbocycles. The third kappa shape index (κ3) is 3.01. The Kier molecular flexibility index (Phi) is 4.32. The molecule has 1 nitrogen and oxygen atoms in total. The zero-order chi connectivity index (χ0) is 14.0. The molecule has 2 aromatic carbocycles. The fraction of sp³-hybridized carbons (Fsp3) is 0.200. The minimum Gasteiger partial charge on any atom is -0.309 e. The molecule has 2 rings (SSSR count). The fourth-order valence-corrected chi connectivity index (χ4v) is 2.33. The second-order valence-corrected chi connectivity index (χ2v) is 5.25. The van der Waals surface area contributed by atoms with Gasteiger partial charge < -0.3 is 5.32 Å². The Balaban J connectivity index is 2.49. The Bertz CT molecular complexity index is 599. The Morgan fingerprint density at radius 2 is 1.84 bits per heavy atom. The van der Waals surface area contributed by atoms with Crippen LogP contribution in [-0.4, -0.2) is 7.05 Å². The van der Waals surface area contributed by atoms with Gasteiger partial charge in [0.05, 0.1) is 6.04 Å². The lowest BCUT2D eigenvalue weighted by Gasteiger charge is -2.19. The van der Waals surface area contributed by atoms with Gasteiger partial charge in [0.2, 0.25) is 0 Å². The van der Waals surface area contributed by atoms with Gasteiger partial charge in [0.15, 0.2) is 0 Å². The van der Waals surface area contributed by atoms with E-state index >= 15 is 0 Å². The van der Waals surface area contributed by atoms with Gasteiger partial charge in [-0.3, -0.25) is 0 Å². The van der Waals surface area contributed by atoms with E-state index in [9.17, 15) is 8.78 Å². The van der Waals surface area contributed by atoms with Crippen molar-refractivity contribution in [3.63, 3.8) is 0 Å². The van der Waals surface area contributed by atoms with Crippen molar-refractivity contribution >= 4 is 15.9 Å². The summed E-state index contributed by atoms with van der Waals surface area (Å²) in [4.78, 5) is 0. The molecule has 0 heterocycles. The molecule has 0 amide bonds. The van der Waals surface area contributed by atoms with Gasteiger partial charge in [0.25, 0.3) is 0 Å². The standard InChI is InChI=1S/C15H14BrF2N/c1-9-7-10(3-5-13(9)16)15(19-2)12-8-11(17)4-6-14(12)18/h3-8,15,19H,1-2H3. The van der Waals surface area contributed by atoms with E-state index in [2.05, 4.69) is 21.2 Å². The summed E-state index contributed by atoms with van der Waals surface area (Å²) in [7, 11) is 1.73. The zero-order valence-electron chi connectivity index (χ0n) is 10.7. The molecule has 19 heavy (non-hydrogen) atoms. The Labute approximate surface area is 119 Å². The van der Waals surface area contributed by atoms with Crippen molar-refractivity contribution in [2.24, 2.45) is 0 Å². The summed E-state index contributed by atoms with van der Waals surface area (Å²) in [6.07, 6.45) is 0. The maximum Gasteiger partial charge on any atom is 0.128 e. The van der Waals surface area contributed by atoms with Crippen LogP contribution in [0.2, 0.25) is 0 Å². The summed E-state index contributed by atoms with van der Waals surface area (Å²) >= 11 is 3.43. The van der Waals surface area contributed by atoms with Gasteiger partial charge >= 0.3 is 0 Å². The van der Waals surface area contributed by atoms with Crippen LogP contribution in [0.4, 0.5) is 8.78 Å². The molecule has 0 saturated carbocycles. The molecular formula is C15H14BrF2N. The number of rotatable bonds is 3. The summed E-state index contributed by atoms with van der Waals surface area (Å²) in [6, 6.07) is 8.89. The van der Waals surface area contributed by atoms with Crippen molar-refractivity contribution in [1.82, 2.24) is 5.32 Å². The van der Waals surface area contributed by atoms with Gasteiger partial charge in [-0.15, -0.1) is 0 Å². The van der Waals surface area contributed by atoms with Crippen LogP contribution in [0.15, 0.2) is 40.9 Å². The van der Waals surface area contributed by atoms with E-state index in [1.54, 1.807) is 7.05 Å². The molecule has 0 saturated heterocycles. The van der Waals surface area contributed by atoms with Gasteiger partial charge in [-0.2, -0.15) is 0 Å². The average molecular weight is 326 g/mol. The molecule has 0 fully saturated rings. The van der Waals surface area contributed by atoms with Crippen LogP contribution < -0.4 is 5.32 Å². The lowest BCUT2D eigenvalue weighted by molar-refractivity contribution is 0.558. The second kappa shape index (κ2) is 5.80. The SMILES string of the molecule is CNC(c1ccc(Br)c(C)c1)c1cc(F)ccc1F. The zero-order valence-corrected chi connectivity index (χ0v) is 12.3. The Hall–Kier alpha value is -1.26.